The number of carbonyl (C=O) groups is 2. The number of aromatic amines is 1. The summed E-state index contributed by atoms with van der Waals surface area (Å²) in [7, 11) is 0. The van der Waals surface area contributed by atoms with Crippen molar-refractivity contribution in [2.75, 3.05) is 6.54 Å². The van der Waals surface area contributed by atoms with E-state index in [0.717, 1.165) is 16.9 Å². The summed E-state index contributed by atoms with van der Waals surface area (Å²) in [5.41, 5.74) is 1.79. The molecule has 112 valence electrons. The average molecular weight is 291 g/mol. The maximum Gasteiger partial charge on any atom is 0.332 e. The number of aliphatic hydroxyl groups excluding tert-OH is 1. The molecule has 0 aliphatic heterocycles. The van der Waals surface area contributed by atoms with Gasteiger partial charge in [0.25, 0.3) is 0 Å². The number of rotatable bonds is 7. The standard InChI is InChI=1S/C14H17N3O4/c18-11(14(20)21)7-8-15-13(19)6-5-12-16-9-3-1-2-4-10(9)17-12/h1-4,11,18H,5-8H2,(H,15,19)(H,16,17)(H,20,21). The second-order valence-corrected chi connectivity index (χ2v) is 4.69. The van der Waals surface area contributed by atoms with Crippen LogP contribution in [0.15, 0.2) is 24.3 Å². The van der Waals surface area contributed by atoms with Crippen molar-refractivity contribution in [1.29, 1.82) is 0 Å². The Balaban J connectivity index is 1.75. The molecule has 1 amide bonds. The lowest BCUT2D eigenvalue weighted by Crippen LogP contribution is -2.30. The number of imidazole rings is 1. The molecule has 1 heterocycles. The molecule has 1 aromatic heterocycles. The molecule has 0 spiro atoms. The molecule has 0 radical (unpaired) electrons. The third-order valence-corrected chi connectivity index (χ3v) is 3.05. The minimum atomic E-state index is -1.44. The van der Waals surface area contributed by atoms with Crippen LogP contribution in [0.3, 0.4) is 0 Å². The van der Waals surface area contributed by atoms with E-state index in [0.29, 0.717) is 6.42 Å². The van der Waals surface area contributed by atoms with E-state index in [4.69, 9.17) is 10.2 Å². The smallest absolute Gasteiger partial charge is 0.332 e. The van der Waals surface area contributed by atoms with E-state index in [2.05, 4.69) is 15.3 Å². The minimum absolute atomic E-state index is 0.00822. The Hall–Kier alpha value is -2.41. The number of nitrogens with one attached hydrogen (secondary N) is 2. The molecule has 0 bridgehead atoms. The van der Waals surface area contributed by atoms with Gasteiger partial charge in [0, 0.05) is 25.8 Å². The highest BCUT2D eigenvalue weighted by molar-refractivity contribution is 5.77. The van der Waals surface area contributed by atoms with Gasteiger partial charge in [-0.3, -0.25) is 4.79 Å². The van der Waals surface area contributed by atoms with Crippen LogP contribution < -0.4 is 5.32 Å². The zero-order chi connectivity index (χ0) is 15.2. The van der Waals surface area contributed by atoms with Crippen molar-refractivity contribution in [2.24, 2.45) is 0 Å². The number of benzene rings is 1. The molecule has 0 aliphatic rings. The van der Waals surface area contributed by atoms with Crippen molar-refractivity contribution < 1.29 is 19.8 Å². The van der Waals surface area contributed by atoms with Crippen molar-refractivity contribution in [1.82, 2.24) is 15.3 Å². The van der Waals surface area contributed by atoms with Crippen LogP contribution >= 0.6 is 0 Å². The second kappa shape index (κ2) is 6.85. The van der Waals surface area contributed by atoms with Gasteiger partial charge in [-0.2, -0.15) is 0 Å². The molecule has 0 aliphatic carbocycles. The summed E-state index contributed by atoms with van der Waals surface area (Å²) in [4.78, 5) is 29.5. The summed E-state index contributed by atoms with van der Waals surface area (Å²) in [6.45, 7) is 0.131. The first kappa shape index (κ1) is 15.0. The topological polar surface area (TPSA) is 115 Å². The Morgan fingerprint density at radius 3 is 2.81 bits per heavy atom. The van der Waals surface area contributed by atoms with Gasteiger partial charge in [0.15, 0.2) is 6.10 Å². The molecule has 7 heteroatoms. The monoisotopic (exact) mass is 291 g/mol. The second-order valence-electron chi connectivity index (χ2n) is 4.69. The van der Waals surface area contributed by atoms with Crippen LogP contribution in [-0.2, 0) is 16.0 Å². The number of hydrogen-bond donors (Lipinski definition) is 4. The lowest BCUT2D eigenvalue weighted by molar-refractivity contribution is -0.147. The van der Waals surface area contributed by atoms with Crippen LogP contribution in [0.4, 0.5) is 0 Å². The van der Waals surface area contributed by atoms with Crippen LogP contribution in [0.5, 0.6) is 0 Å². The van der Waals surface area contributed by atoms with Gasteiger partial charge in [-0.1, -0.05) is 12.1 Å². The van der Waals surface area contributed by atoms with Crippen LogP contribution in [0.25, 0.3) is 11.0 Å². The summed E-state index contributed by atoms with van der Waals surface area (Å²) in [5.74, 6) is -0.753. The highest BCUT2D eigenvalue weighted by atomic mass is 16.4. The van der Waals surface area contributed by atoms with Crippen molar-refractivity contribution in [3.05, 3.63) is 30.1 Å². The van der Waals surface area contributed by atoms with E-state index in [1.807, 2.05) is 24.3 Å². The van der Waals surface area contributed by atoms with Crippen LogP contribution in [0, 0.1) is 0 Å². The van der Waals surface area contributed by atoms with E-state index in [1.54, 1.807) is 0 Å². The van der Waals surface area contributed by atoms with E-state index in [-0.39, 0.29) is 25.3 Å². The Kier molecular flexibility index (Phi) is 4.89. The number of amides is 1. The number of nitrogens with zero attached hydrogens (tertiary/aromatic N) is 1. The molecule has 0 fully saturated rings. The first-order chi connectivity index (χ1) is 10.1. The van der Waals surface area contributed by atoms with Gasteiger partial charge >= 0.3 is 5.97 Å². The number of carboxylic acids is 1. The normalized spacial score (nSPS) is 12.2. The number of para-hydroxylation sites is 2. The molecular weight excluding hydrogens is 274 g/mol. The van der Waals surface area contributed by atoms with Crippen LogP contribution in [0.2, 0.25) is 0 Å². The fourth-order valence-electron chi connectivity index (χ4n) is 1.92. The summed E-state index contributed by atoms with van der Waals surface area (Å²) in [5, 5.41) is 20.1. The quantitative estimate of drug-likeness (QED) is 0.591. The average Bonchev–Trinajstić information content (AvgIpc) is 2.87. The highest BCUT2D eigenvalue weighted by Crippen LogP contribution is 2.11. The molecule has 2 aromatic rings. The minimum Gasteiger partial charge on any atom is -0.479 e. The number of fused-ring (bicyclic) bond motifs is 1. The number of carbonyl (C=O) groups excluding carboxylic acids is 1. The number of aryl methyl sites for hydroxylation is 1. The van der Waals surface area contributed by atoms with E-state index < -0.39 is 12.1 Å². The number of H-pyrrole nitrogens is 1. The zero-order valence-electron chi connectivity index (χ0n) is 11.4. The predicted molar refractivity (Wildman–Crippen MR) is 75.7 cm³/mol. The van der Waals surface area contributed by atoms with E-state index in [1.165, 1.54) is 0 Å². The Labute approximate surface area is 121 Å². The SMILES string of the molecule is O=C(CCc1nc2ccccc2[nH]1)NCCC(O)C(=O)O. The van der Waals surface area contributed by atoms with Crippen LogP contribution in [-0.4, -0.2) is 44.7 Å². The number of hydrogen-bond acceptors (Lipinski definition) is 4. The van der Waals surface area contributed by atoms with Crippen molar-refractivity contribution in [3.63, 3.8) is 0 Å². The van der Waals surface area contributed by atoms with Gasteiger partial charge in [-0.15, -0.1) is 0 Å². The third-order valence-electron chi connectivity index (χ3n) is 3.05. The molecule has 21 heavy (non-hydrogen) atoms. The number of aliphatic carboxylic acids is 1. The predicted octanol–water partition coefficient (Wildman–Crippen LogP) is 0.447. The highest BCUT2D eigenvalue weighted by Gasteiger charge is 2.13. The van der Waals surface area contributed by atoms with E-state index >= 15 is 0 Å². The largest absolute Gasteiger partial charge is 0.479 e. The lowest BCUT2D eigenvalue weighted by atomic mass is 10.2. The first-order valence-corrected chi connectivity index (χ1v) is 6.67. The molecule has 1 unspecified atom stereocenters. The first-order valence-electron chi connectivity index (χ1n) is 6.67. The summed E-state index contributed by atoms with van der Waals surface area (Å²) in [6, 6.07) is 7.61. The number of carboxylic acid groups (broad SMARTS) is 1. The maximum atomic E-state index is 11.6. The lowest BCUT2D eigenvalue weighted by Gasteiger charge is -2.06. The molecule has 0 saturated heterocycles. The summed E-state index contributed by atoms with van der Waals surface area (Å²) >= 11 is 0. The zero-order valence-corrected chi connectivity index (χ0v) is 11.4. The van der Waals surface area contributed by atoms with Crippen molar-refractivity contribution in [2.45, 2.75) is 25.4 Å². The fourth-order valence-corrected chi connectivity index (χ4v) is 1.92. The Morgan fingerprint density at radius 2 is 2.10 bits per heavy atom. The molecular formula is C14H17N3O4. The van der Waals surface area contributed by atoms with Gasteiger partial charge in [0.2, 0.25) is 5.91 Å². The van der Waals surface area contributed by atoms with Gasteiger partial charge in [-0.25, -0.2) is 9.78 Å². The Morgan fingerprint density at radius 1 is 1.33 bits per heavy atom. The van der Waals surface area contributed by atoms with Crippen LogP contribution in [0.1, 0.15) is 18.7 Å². The molecule has 7 nitrogen and oxygen atoms in total. The maximum absolute atomic E-state index is 11.6. The number of aliphatic hydroxyl groups is 1. The summed E-state index contributed by atoms with van der Waals surface area (Å²) in [6.07, 6.45) is -0.725. The molecule has 4 N–H and O–H groups in total. The molecule has 1 atom stereocenters. The van der Waals surface area contributed by atoms with Gasteiger partial charge in [0.1, 0.15) is 5.82 Å². The van der Waals surface area contributed by atoms with Crippen molar-refractivity contribution >= 4 is 22.9 Å². The van der Waals surface area contributed by atoms with Gasteiger partial charge in [-0.05, 0) is 12.1 Å². The fraction of sp³-hybridized carbons (Fsp3) is 0.357. The summed E-state index contributed by atoms with van der Waals surface area (Å²) < 4.78 is 0. The Bertz CT molecular complexity index is 605. The van der Waals surface area contributed by atoms with Gasteiger partial charge in [0.05, 0.1) is 11.0 Å². The van der Waals surface area contributed by atoms with E-state index in [9.17, 15) is 9.59 Å². The number of aromatic nitrogens is 2. The molecule has 1 aromatic carbocycles. The molecule has 2 rings (SSSR count). The third kappa shape index (κ3) is 4.28. The molecule has 0 saturated carbocycles. The van der Waals surface area contributed by atoms with Gasteiger partial charge < -0.3 is 20.5 Å². The van der Waals surface area contributed by atoms with Crippen molar-refractivity contribution in [3.8, 4) is 0 Å².